The van der Waals surface area contributed by atoms with Crippen molar-refractivity contribution >= 4 is 34.9 Å². The number of nitrogens with zero attached hydrogens (tertiary/aromatic N) is 4. The zero-order chi connectivity index (χ0) is 25.6. The fraction of sp³-hybridized carbons (Fsp3) is 0.107. The van der Waals surface area contributed by atoms with Gasteiger partial charge in [0.2, 0.25) is 17.8 Å². The number of aromatic hydroxyl groups is 1. The summed E-state index contributed by atoms with van der Waals surface area (Å²) >= 11 is 0. The third-order valence-corrected chi connectivity index (χ3v) is 5.62. The molecule has 186 valence electrons. The number of hydrogen-bond acceptors (Lipinski definition) is 9. The van der Waals surface area contributed by atoms with Gasteiger partial charge in [0.05, 0.1) is 12.8 Å². The molecule has 0 radical (unpaired) electrons. The van der Waals surface area contributed by atoms with Crippen molar-refractivity contribution in [2.75, 3.05) is 34.9 Å². The Morgan fingerprint density at radius 2 is 1.24 bits per heavy atom. The smallest absolute Gasteiger partial charge is 0.233 e. The van der Waals surface area contributed by atoms with Gasteiger partial charge in [-0.25, -0.2) is 0 Å². The molecule has 0 atom stereocenters. The summed E-state index contributed by atoms with van der Waals surface area (Å²) in [5, 5.41) is 19.2. The molecule has 3 aromatic carbocycles. The number of aromatic nitrogens is 3. The predicted octanol–water partition coefficient (Wildman–Crippen LogP) is 6.00. The molecule has 4 N–H and O–H groups in total. The van der Waals surface area contributed by atoms with E-state index >= 15 is 0 Å². The molecule has 0 unspecified atom stereocenters. The van der Waals surface area contributed by atoms with Crippen LogP contribution in [0.1, 0.15) is 5.76 Å². The third kappa shape index (κ3) is 6.15. The largest absolute Gasteiger partial charge is 0.508 e. The maximum atomic E-state index is 9.53. The average Bonchev–Trinajstić information content (AvgIpc) is 3.43. The molecule has 5 rings (SSSR count). The fourth-order valence-corrected chi connectivity index (χ4v) is 3.65. The van der Waals surface area contributed by atoms with Crippen LogP contribution in [-0.2, 0) is 6.54 Å². The maximum Gasteiger partial charge on any atom is 0.233 e. The Hall–Kier alpha value is -5.05. The van der Waals surface area contributed by atoms with Crippen molar-refractivity contribution in [3.05, 3.63) is 97.0 Å². The van der Waals surface area contributed by atoms with E-state index in [1.165, 1.54) is 0 Å². The number of anilines is 6. The van der Waals surface area contributed by atoms with Crippen molar-refractivity contribution in [2.24, 2.45) is 0 Å². The van der Waals surface area contributed by atoms with Gasteiger partial charge in [0.15, 0.2) is 0 Å². The van der Waals surface area contributed by atoms with Crippen molar-refractivity contribution in [3.63, 3.8) is 0 Å². The molecule has 0 saturated carbocycles. The molecule has 5 aromatic rings. The third-order valence-electron chi connectivity index (χ3n) is 5.62. The summed E-state index contributed by atoms with van der Waals surface area (Å²) in [4.78, 5) is 15.7. The minimum atomic E-state index is 0.242. The van der Waals surface area contributed by atoms with Gasteiger partial charge in [-0.05, 0) is 71.8 Å². The van der Waals surface area contributed by atoms with Crippen molar-refractivity contribution in [1.29, 1.82) is 0 Å². The molecule has 9 nitrogen and oxygen atoms in total. The van der Waals surface area contributed by atoms with Crippen LogP contribution in [-0.4, -0.2) is 34.2 Å². The van der Waals surface area contributed by atoms with E-state index in [0.717, 1.165) is 33.9 Å². The van der Waals surface area contributed by atoms with Crippen molar-refractivity contribution < 1.29 is 9.52 Å². The Bertz CT molecular complexity index is 1430. The van der Waals surface area contributed by atoms with Crippen molar-refractivity contribution in [2.45, 2.75) is 6.54 Å². The van der Waals surface area contributed by atoms with E-state index in [0.29, 0.717) is 24.4 Å². The Morgan fingerprint density at radius 1 is 0.703 bits per heavy atom. The Labute approximate surface area is 214 Å². The summed E-state index contributed by atoms with van der Waals surface area (Å²) in [7, 11) is 4.00. The van der Waals surface area contributed by atoms with Gasteiger partial charge in [0, 0.05) is 31.2 Å². The van der Waals surface area contributed by atoms with E-state index in [-0.39, 0.29) is 5.75 Å². The zero-order valence-corrected chi connectivity index (χ0v) is 20.5. The lowest BCUT2D eigenvalue weighted by molar-refractivity contribution is 0.475. The Morgan fingerprint density at radius 3 is 1.78 bits per heavy atom. The van der Waals surface area contributed by atoms with Gasteiger partial charge < -0.3 is 30.4 Å². The van der Waals surface area contributed by atoms with Gasteiger partial charge in [-0.1, -0.05) is 24.3 Å². The number of benzene rings is 3. The monoisotopic (exact) mass is 493 g/mol. The summed E-state index contributed by atoms with van der Waals surface area (Å²) in [6.07, 6.45) is 1.63. The summed E-state index contributed by atoms with van der Waals surface area (Å²) in [6.45, 7) is 0.439. The molecule has 0 aliphatic carbocycles. The summed E-state index contributed by atoms with van der Waals surface area (Å²) in [6, 6.07) is 26.7. The number of nitrogens with one attached hydrogen (secondary N) is 3. The van der Waals surface area contributed by atoms with Crippen LogP contribution in [0.25, 0.3) is 11.1 Å². The van der Waals surface area contributed by atoms with Gasteiger partial charge >= 0.3 is 0 Å². The first-order valence-electron chi connectivity index (χ1n) is 11.7. The number of hydrogen-bond donors (Lipinski definition) is 4. The second kappa shape index (κ2) is 10.7. The topological polar surface area (TPSA) is 111 Å². The lowest BCUT2D eigenvalue weighted by Gasteiger charge is -2.14. The van der Waals surface area contributed by atoms with Gasteiger partial charge in [0.25, 0.3) is 0 Å². The quantitative estimate of drug-likeness (QED) is 0.196. The molecule has 0 bridgehead atoms. The molecule has 0 amide bonds. The molecule has 37 heavy (non-hydrogen) atoms. The number of rotatable bonds is 9. The standard InChI is InChI=1S/C28H27N7O2/c1-35(2)23-13-11-22(12-14-23)31-28-33-26(29-18-25-4-3-17-37-25)32-27(34-28)30-21-9-5-19(6-10-21)20-7-15-24(36)16-8-20/h3-17,36H,18H2,1-2H3,(H3,29,30,31,32,33,34). The second-order valence-electron chi connectivity index (χ2n) is 8.55. The Kier molecular flexibility index (Phi) is 6.84. The highest BCUT2D eigenvalue weighted by Gasteiger charge is 2.09. The number of phenolic OH excluding ortho intramolecular Hbond substituents is 1. The van der Waals surface area contributed by atoms with E-state index in [1.807, 2.05) is 91.8 Å². The molecule has 0 saturated heterocycles. The first-order chi connectivity index (χ1) is 18.0. The molecule has 9 heteroatoms. The molecule has 0 aliphatic heterocycles. The zero-order valence-electron chi connectivity index (χ0n) is 20.5. The van der Waals surface area contributed by atoms with E-state index in [9.17, 15) is 5.11 Å². The lowest BCUT2D eigenvalue weighted by Crippen LogP contribution is -2.10. The van der Waals surface area contributed by atoms with E-state index in [1.54, 1.807) is 18.4 Å². The summed E-state index contributed by atoms with van der Waals surface area (Å²) < 4.78 is 5.41. The highest BCUT2D eigenvalue weighted by molar-refractivity contribution is 5.68. The SMILES string of the molecule is CN(C)c1ccc(Nc2nc(NCc3ccco3)nc(Nc3ccc(-c4ccc(O)cc4)cc3)n2)cc1. The van der Waals surface area contributed by atoms with Crippen LogP contribution in [0.4, 0.5) is 34.9 Å². The van der Waals surface area contributed by atoms with Gasteiger partial charge in [-0.2, -0.15) is 15.0 Å². The molecular formula is C28H27N7O2. The lowest BCUT2D eigenvalue weighted by atomic mass is 10.1. The van der Waals surface area contributed by atoms with E-state index < -0.39 is 0 Å². The molecule has 2 heterocycles. The van der Waals surface area contributed by atoms with Crippen molar-refractivity contribution in [3.8, 4) is 16.9 Å². The second-order valence-corrected chi connectivity index (χ2v) is 8.55. The summed E-state index contributed by atoms with van der Waals surface area (Å²) in [5.41, 5.74) is 4.83. The fourth-order valence-electron chi connectivity index (χ4n) is 3.65. The minimum absolute atomic E-state index is 0.242. The minimum Gasteiger partial charge on any atom is -0.508 e. The van der Waals surface area contributed by atoms with Crippen LogP contribution in [0.3, 0.4) is 0 Å². The van der Waals surface area contributed by atoms with E-state index in [2.05, 4.69) is 30.9 Å². The first-order valence-corrected chi connectivity index (χ1v) is 11.7. The number of furan rings is 1. The molecule has 2 aromatic heterocycles. The van der Waals surface area contributed by atoms with Gasteiger partial charge in [0.1, 0.15) is 11.5 Å². The first kappa shape index (κ1) is 23.7. The number of phenols is 1. The normalized spacial score (nSPS) is 10.6. The molecule has 0 aliphatic rings. The van der Waals surface area contributed by atoms with Crippen LogP contribution in [0.15, 0.2) is 95.6 Å². The van der Waals surface area contributed by atoms with Gasteiger partial charge in [-0.15, -0.1) is 0 Å². The van der Waals surface area contributed by atoms with E-state index in [4.69, 9.17) is 4.42 Å². The predicted molar refractivity (Wildman–Crippen MR) is 147 cm³/mol. The molecular weight excluding hydrogens is 466 g/mol. The van der Waals surface area contributed by atoms with Crippen LogP contribution >= 0.6 is 0 Å². The average molecular weight is 494 g/mol. The van der Waals surface area contributed by atoms with Crippen molar-refractivity contribution in [1.82, 2.24) is 15.0 Å². The highest BCUT2D eigenvalue weighted by atomic mass is 16.3. The molecule has 0 fully saturated rings. The Balaban J connectivity index is 1.36. The van der Waals surface area contributed by atoms with Crippen LogP contribution < -0.4 is 20.9 Å². The highest BCUT2D eigenvalue weighted by Crippen LogP contribution is 2.25. The van der Waals surface area contributed by atoms with Gasteiger partial charge in [-0.3, -0.25) is 0 Å². The maximum absolute atomic E-state index is 9.53. The van der Waals surface area contributed by atoms with Crippen LogP contribution in [0, 0.1) is 0 Å². The molecule has 0 spiro atoms. The van der Waals surface area contributed by atoms with Crippen LogP contribution in [0.5, 0.6) is 5.75 Å². The summed E-state index contributed by atoms with van der Waals surface area (Å²) in [5.74, 6) is 2.21. The van der Waals surface area contributed by atoms with Crippen LogP contribution in [0.2, 0.25) is 0 Å².